The molecule has 0 N–H and O–H groups in total. The van der Waals surface area contributed by atoms with E-state index in [1.165, 1.54) is 12.3 Å². The number of ether oxygens (including phenoxy) is 1. The summed E-state index contributed by atoms with van der Waals surface area (Å²) in [5.74, 6) is -0.317. The Morgan fingerprint density at radius 3 is 2.58 bits per heavy atom. The van der Waals surface area contributed by atoms with Crippen LogP contribution in [0.2, 0.25) is 5.02 Å². The van der Waals surface area contributed by atoms with Crippen LogP contribution in [-0.4, -0.2) is 23.0 Å². The summed E-state index contributed by atoms with van der Waals surface area (Å²) < 4.78 is 44.5. The second-order valence-corrected chi connectivity index (χ2v) is 6.05. The first kappa shape index (κ1) is 17.0. The zero-order valence-electron chi connectivity index (χ0n) is 12.8. The Bertz CT molecular complexity index is 715. The third-order valence-corrected chi connectivity index (χ3v) is 4.35. The molecule has 24 heavy (non-hydrogen) atoms. The van der Waals surface area contributed by atoms with Crippen molar-refractivity contribution in [2.45, 2.75) is 25.6 Å². The largest absolute Gasteiger partial charge is 0.437 e. The van der Waals surface area contributed by atoms with Crippen LogP contribution in [0.15, 0.2) is 36.5 Å². The Kier molecular flexibility index (Phi) is 4.96. The summed E-state index contributed by atoms with van der Waals surface area (Å²) in [6.07, 6.45) is -0.983. The standard InChI is InChI=1S/C17H16ClF3N2O/c18-15-12(11-23-9-1-2-10-23)5-3-7-14(15)24-16-13(17(19,20)21)6-4-8-22-16/h3-8H,1-2,9-11H2. The van der Waals surface area contributed by atoms with Crippen LogP contribution in [-0.2, 0) is 12.7 Å². The number of hydrogen-bond donors (Lipinski definition) is 0. The molecule has 128 valence electrons. The summed E-state index contributed by atoms with van der Waals surface area (Å²) >= 11 is 6.34. The topological polar surface area (TPSA) is 25.4 Å². The maximum absolute atomic E-state index is 13.0. The van der Waals surface area contributed by atoms with Gasteiger partial charge in [0, 0.05) is 12.7 Å². The number of rotatable bonds is 4. The number of halogens is 4. The molecule has 0 spiro atoms. The molecular formula is C17H16ClF3N2O. The summed E-state index contributed by atoms with van der Waals surface area (Å²) in [6.45, 7) is 2.66. The zero-order chi connectivity index (χ0) is 17.2. The molecule has 7 heteroatoms. The molecule has 1 saturated heterocycles. The Labute approximate surface area is 143 Å². The average Bonchev–Trinajstić information content (AvgIpc) is 3.04. The number of alkyl halides is 3. The van der Waals surface area contributed by atoms with Crippen molar-refractivity contribution in [2.24, 2.45) is 0 Å². The van der Waals surface area contributed by atoms with Crippen LogP contribution in [0.25, 0.3) is 0 Å². The third kappa shape index (κ3) is 3.82. The van der Waals surface area contributed by atoms with E-state index in [1.54, 1.807) is 12.1 Å². The molecule has 1 aromatic carbocycles. The molecule has 0 amide bonds. The summed E-state index contributed by atoms with van der Waals surface area (Å²) in [7, 11) is 0. The van der Waals surface area contributed by atoms with E-state index < -0.39 is 17.6 Å². The van der Waals surface area contributed by atoms with E-state index in [-0.39, 0.29) is 5.75 Å². The van der Waals surface area contributed by atoms with Gasteiger partial charge in [-0.25, -0.2) is 4.98 Å². The predicted octanol–water partition coefficient (Wildman–Crippen LogP) is 5.14. The Morgan fingerprint density at radius 1 is 1.12 bits per heavy atom. The first-order valence-electron chi connectivity index (χ1n) is 7.65. The molecule has 1 aliphatic rings. The van der Waals surface area contributed by atoms with Crippen molar-refractivity contribution in [3.05, 3.63) is 52.7 Å². The SMILES string of the molecule is FC(F)(F)c1cccnc1Oc1cccc(CN2CCCC2)c1Cl. The lowest BCUT2D eigenvalue weighted by molar-refractivity contribution is -0.138. The van der Waals surface area contributed by atoms with Crippen molar-refractivity contribution in [3.63, 3.8) is 0 Å². The predicted molar refractivity (Wildman–Crippen MR) is 85.3 cm³/mol. The molecule has 3 nitrogen and oxygen atoms in total. The lowest BCUT2D eigenvalue weighted by Crippen LogP contribution is -2.18. The zero-order valence-corrected chi connectivity index (χ0v) is 13.6. The van der Waals surface area contributed by atoms with E-state index in [2.05, 4.69) is 9.88 Å². The van der Waals surface area contributed by atoms with E-state index in [1.807, 2.05) is 6.07 Å². The van der Waals surface area contributed by atoms with Gasteiger partial charge < -0.3 is 4.74 Å². The monoisotopic (exact) mass is 356 g/mol. The molecule has 0 radical (unpaired) electrons. The molecule has 0 atom stereocenters. The van der Waals surface area contributed by atoms with Crippen LogP contribution in [0.3, 0.4) is 0 Å². The first-order valence-corrected chi connectivity index (χ1v) is 8.03. The van der Waals surface area contributed by atoms with E-state index in [9.17, 15) is 13.2 Å². The molecule has 3 rings (SSSR count). The van der Waals surface area contributed by atoms with Gasteiger partial charge in [0.1, 0.15) is 11.3 Å². The molecule has 1 fully saturated rings. The highest BCUT2D eigenvalue weighted by Gasteiger charge is 2.35. The number of aromatic nitrogens is 1. The smallest absolute Gasteiger partial charge is 0.421 e. The van der Waals surface area contributed by atoms with E-state index in [4.69, 9.17) is 16.3 Å². The van der Waals surface area contributed by atoms with Gasteiger partial charge >= 0.3 is 6.18 Å². The number of likely N-dealkylation sites (tertiary alicyclic amines) is 1. The fourth-order valence-corrected chi connectivity index (χ4v) is 2.96. The normalized spacial score (nSPS) is 15.7. The maximum Gasteiger partial charge on any atom is 0.421 e. The Balaban J connectivity index is 1.86. The summed E-state index contributed by atoms with van der Waals surface area (Å²) in [5, 5.41) is 0.322. The maximum atomic E-state index is 13.0. The number of nitrogens with zero attached hydrogens (tertiary/aromatic N) is 2. The highest BCUT2D eigenvalue weighted by atomic mass is 35.5. The minimum absolute atomic E-state index is 0.178. The Morgan fingerprint density at radius 2 is 1.88 bits per heavy atom. The molecule has 2 aromatic rings. The van der Waals surface area contributed by atoms with E-state index in [0.717, 1.165) is 37.6 Å². The van der Waals surface area contributed by atoms with E-state index >= 15 is 0 Å². The van der Waals surface area contributed by atoms with Crippen LogP contribution in [0, 0.1) is 0 Å². The van der Waals surface area contributed by atoms with Gasteiger partial charge in [-0.3, -0.25) is 4.90 Å². The second-order valence-electron chi connectivity index (χ2n) is 5.67. The molecular weight excluding hydrogens is 341 g/mol. The fourth-order valence-electron chi connectivity index (χ4n) is 2.73. The lowest BCUT2D eigenvalue weighted by Gasteiger charge is -2.18. The number of benzene rings is 1. The van der Waals surface area contributed by atoms with Gasteiger partial charge in [0.05, 0.1) is 5.02 Å². The average molecular weight is 357 g/mol. The molecule has 0 bridgehead atoms. The van der Waals surface area contributed by atoms with Crippen LogP contribution in [0.1, 0.15) is 24.0 Å². The van der Waals surface area contributed by atoms with Gasteiger partial charge in [-0.1, -0.05) is 23.7 Å². The molecule has 0 saturated carbocycles. The molecule has 0 unspecified atom stereocenters. The highest BCUT2D eigenvalue weighted by molar-refractivity contribution is 6.32. The minimum Gasteiger partial charge on any atom is -0.437 e. The molecule has 1 aliphatic heterocycles. The van der Waals surface area contributed by atoms with Gasteiger partial charge in [-0.15, -0.1) is 0 Å². The van der Waals surface area contributed by atoms with Gasteiger partial charge in [-0.2, -0.15) is 13.2 Å². The van der Waals surface area contributed by atoms with Crippen LogP contribution >= 0.6 is 11.6 Å². The van der Waals surface area contributed by atoms with Crippen molar-refractivity contribution in [2.75, 3.05) is 13.1 Å². The van der Waals surface area contributed by atoms with Crippen LogP contribution in [0.5, 0.6) is 11.6 Å². The highest BCUT2D eigenvalue weighted by Crippen LogP contribution is 2.39. The lowest BCUT2D eigenvalue weighted by atomic mass is 10.2. The third-order valence-electron chi connectivity index (χ3n) is 3.92. The molecule has 2 heterocycles. The van der Waals surface area contributed by atoms with Gasteiger partial charge in [0.15, 0.2) is 0 Å². The minimum atomic E-state index is -4.54. The second kappa shape index (κ2) is 6.99. The van der Waals surface area contributed by atoms with Crippen LogP contribution in [0.4, 0.5) is 13.2 Å². The number of hydrogen-bond acceptors (Lipinski definition) is 3. The summed E-state index contributed by atoms with van der Waals surface area (Å²) in [4.78, 5) is 5.96. The number of pyridine rings is 1. The van der Waals surface area contributed by atoms with Gasteiger partial charge in [-0.05, 0) is 49.7 Å². The van der Waals surface area contributed by atoms with Gasteiger partial charge in [0.25, 0.3) is 0 Å². The summed E-state index contributed by atoms with van der Waals surface area (Å²) in [6, 6.07) is 7.29. The van der Waals surface area contributed by atoms with Crippen LogP contribution < -0.4 is 4.74 Å². The van der Waals surface area contributed by atoms with Crippen molar-refractivity contribution >= 4 is 11.6 Å². The van der Waals surface area contributed by atoms with Crippen molar-refractivity contribution < 1.29 is 17.9 Å². The van der Waals surface area contributed by atoms with Gasteiger partial charge in [0.2, 0.25) is 5.88 Å². The van der Waals surface area contributed by atoms with Crippen molar-refractivity contribution in [1.29, 1.82) is 0 Å². The quantitative estimate of drug-likeness (QED) is 0.758. The fraction of sp³-hybridized carbons (Fsp3) is 0.353. The summed E-state index contributed by atoms with van der Waals surface area (Å²) in [5.41, 5.74) is -0.0911. The molecule has 1 aromatic heterocycles. The molecule has 0 aliphatic carbocycles. The first-order chi connectivity index (χ1) is 11.4. The Hall–Kier alpha value is -1.79. The van der Waals surface area contributed by atoms with E-state index in [0.29, 0.717) is 11.6 Å². The van der Waals surface area contributed by atoms with Crippen molar-refractivity contribution in [1.82, 2.24) is 9.88 Å². The van der Waals surface area contributed by atoms with Crippen molar-refractivity contribution in [3.8, 4) is 11.6 Å².